The van der Waals surface area contributed by atoms with Gasteiger partial charge >= 0.3 is 6.18 Å². The molecule has 168 valence electrons. The number of para-hydroxylation sites is 1. The second kappa shape index (κ2) is 9.74. The fourth-order valence-corrected chi connectivity index (χ4v) is 3.18. The molecule has 3 aromatic carbocycles. The molecule has 0 fully saturated rings. The smallest absolute Gasteiger partial charge is 0.430 e. The highest BCUT2D eigenvalue weighted by molar-refractivity contribution is 5.87. The second-order valence-electron chi connectivity index (χ2n) is 6.85. The highest BCUT2D eigenvalue weighted by Crippen LogP contribution is 2.43. The minimum Gasteiger partial charge on any atom is -0.497 e. The Morgan fingerprint density at radius 1 is 0.812 bits per heavy atom. The monoisotopic (exact) mass is 445 g/mol. The molecule has 0 heterocycles. The quantitative estimate of drug-likeness (QED) is 0.517. The summed E-state index contributed by atoms with van der Waals surface area (Å²) in [6, 6.07) is 20.5. The first-order valence-electron chi connectivity index (χ1n) is 9.66. The number of nitrogens with one attached hydrogen (secondary N) is 1. The van der Waals surface area contributed by atoms with Crippen LogP contribution in [0.5, 0.6) is 17.2 Å². The number of hydrogen-bond acceptors (Lipinski definition) is 4. The summed E-state index contributed by atoms with van der Waals surface area (Å²) in [7, 11) is 2.36. The molecule has 1 amide bonds. The third-order valence-corrected chi connectivity index (χ3v) is 4.88. The van der Waals surface area contributed by atoms with Crippen LogP contribution in [-0.2, 0) is 21.7 Å². The first-order valence-corrected chi connectivity index (χ1v) is 9.66. The first-order chi connectivity index (χ1) is 15.3. The zero-order valence-corrected chi connectivity index (χ0v) is 17.5. The molecule has 0 spiro atoms. The molecule has 0 bridgehead atoms. The van der Waals surface area contributed by atoms with Crippen LogP contribution < -0.4 is 14.8 Å². The summed E-state index contributed by atoms with van der Waals surface area (Å²) in [4.78, 5) is 12.8. The van der Waals surface area contributed by atoms with Gasteiger partial charge in [0, 0.05) is 19.2 Å². The Labute approximate surface area is 183 Å². The Kier molecular flexibility index (Phi) is 7.05. The Morgan fingerprint density at radius 3 is 1.91 bits per heavy atom. The van der Waals surface area contributed by atoms with Gasteiger partial charge in [0.05, 0.1) is 7.11 Å². The molecule has 1 atom stereocenters. The molecular weight excluding hydrogens is 423 g/mol. The predicted molar refractivity (Wildman–Crippen MR) is 113 cm³/mol. The fourth-order valence-electron chi connectivity index (χ4n) is 3.18. The molecule has 0 aliphatic carbocycles. The third-order valence-electron chi connectivity index (χ3n) is 4.88. The summed E-state index contributed by atoms with van der Waals surface area (Å²) in [5.74, 6) is 0.136. The van der Waals surface area contributed by atoms with Crippen molar-refractivity contribution in [3.05, 3.63) is 90.0 Å². The van der Waals surface area contributed by atoms with Crippen LogP contribution in [0, 0.1) is 0 Å². The minimum atomic E-state index is -5.01. The lowest BCUT2D eigenvalue weighted by Gasteiger charge is -2.33. The molecule has 8 heteroatoms. The van der Waals surface area contributed by atoms with Gasteiger partial charge in [-0.1, -0.05) is 42.5 Å². The Hall–Kier alpha value is -3.52. The Balaban J connectivity index is 1.83. The van der Waals surface area contributed by atoms with Gasteiger partial charge in [-0.3, -0.25) is 4.79 Å². The number of rotatable bonds is 8. The number of hydrogen-bond donors (Lipinski definition) is 1. The van der Waals surface area contributed by atoms with Gasteiger partial charge in [0.15, 0.2) is 0 Å². The lowest BCUT2D eigenvalue weighted by atomic mass is 9.91. The average molecular weight is 445 g/mol. The number of ether oxygens (including phenoxy) is 3. The van der Waals surface area contributed by atoms with Gasteiger partial charge in [-0.2, -0.15) is 13.2 Å². The van der Waals surface area contributed by atoms with Gasteiger partial charge in [0.2, 0.25) is 0 Å². The van der Waals surface area contributed by atoms with Crippen LogP contribution in [0.3, 0.4) is 0 Å². The van der Waals surface area contributed by atoms with Gasteiger partial charge in [-0.25, -0.2) is 0 Å². The first kappa shape index (κ1) is 23.1. The van der Waals surface area contributed by atoms with Crippen molar-refractivity contribution in [1.82, 2.24) is 5.32 Å². The van der Waals surface area contributed by atoms with E-state index < -0.39 is 17.7 Å². The van der Waals surface area contributed by atoms with E-state index in [1.165, 1.54) is 31.4 Å². The number of carbonyl (C=O) groups excluding carboxylic acids is 1. The van der Waals surface area contributed by atoms with Crippen molar-refractivity contribution in [2.75, 3.05) is 14.2 Å². The molecule has 0 aliphatic rings. The molecule has 0 aliphatic heterocycles. The maximum Gasteiger partial charge on any atom is 0.430 e. The molecule has 3 rings (SSSR count). The normalized spacial score (nSPS) is 13.2. The number of halogens is 3. The minimum absolute atomic E-state index is 0.112. The van der Waals surface area contributed by atoms with E-state index in [0.29, 0.717) is 22.8 Å². The van der Waals surface area contributed by atoms with Gasteiger partial charge in [-0.05, 0) is 42.0 Å². The third kappa shape index (κ3) is 4.86. The van der Waals surface area contributed by atoms with Gasteiger partial charge in [0.1, 0.15) is 17.2 Å². The number of methoxy groups -OCH3 is 2. The van der Waals surface area contributed by atoms with E-state index in [1.54, 1.807) is 48.5 Å². The topological polar surface area (TPSA) is 56.8 Å². The number of carbonyl (C=O) groups is 1. The van der Waals surface area contributed by atoms with E-state index in [4.69, 9.17) is 14.2 Å². The number of benzene rings is 3. The fraction of sp³-hybridized carbons (Fsp3) is 0.208. The molecule has 0 saturated heterocycles. The zero-order chi connectivity index (χ0) is 23.2. The molecule has 5 nitrogen and oxygen atoms in total. The van der Waals surface area contributed by atoms with E-state index in [-0.39, 0.29) is 12.1 Å². The van der Waals surface area contributed by atoms with Crippen molar-refractivity contribution in [1.29, 1.82) is 0 Å². The van der Waals surface area contributed by atoms with E-state index >= 15 is 0 Å². The summed E-state index contributed by atoms with van der Waals surface area (Å²) in [5.41, 5.74) is -2.93. The number of amides is 1. The van der Waals surface area contributed by atoms with Crippen molar-refractivity contribution < 1.29 is 32.2 Å². The van der Waals surface area contributed by atoms with Crippen LogP contribution in [0.4, 0.5) is 13.2 Å². The highest BCUT2D eigenvalue weighted by Gasteiger charge is 2.62. The van der Waals surface area contributed by atoms with Crippen LogP contribution in [0.15, 0.2) is 78.9 Å². The van der Waals surface area contributed by atoms with Gasteiger partial charge in [-0.15, -0.1) is 0 Å². The Morgan fingerprint density at radius 2 is 1.38 bits per heavy atom. The second-order valence-corrected chi connectivity index (χ2v) is 6.85. The van der Waals surface area contributed by atoms with Crippen molar-refractivity contribution >= 4 is 5.91 Å². The zero-order valence-electron chi connectivity index (χ0n) is 17.5. The van der Waals surface area contributed by atoms with Crippen LogP contribution in [0.1, 0.15) is 11.1 Å². The largest absolute Gasteiger partial charge is 0.497 e. The van der Waals surface area contributed by atoms with Crippen molar-refractivity contribution in [3.63, 3.8) is 0 Å². The molecule has 32 heavy (non-hydrogen) atoms. The standard InChI is InChI=1S/C24H22F3NO4/c1-30-19-12-8-17(9-13-19)16-28-22(29)23(31-2,24(25,26)27)18-10-14-21(15-11-18)32-20-6-4-3-5-7-20/h3-15H,16H2,1-2H3,(H,28,29). The predicted octanol–water partition coefficient (Wildman–Crippen LogP) is 5.21. The number of alkyl halides is 3. The maximum atomic E-state index is 14.1. The summed E-state index contributed by atoms with van der Waals surface area (Å²) in [6.07, 6.45) is -5.01. The summed E-state index contributed by atoms with van der Waals surface area (Å²) < 4.78 is 58.0. The van der Waals surface area contributed by atoms with E-state index in [2.05, 4.69) is 5.32 Å². The molecule has 1 N–H and O–H groups in total. The van der Waals surface area contributed by atoms with Gasteiger partial charge < -0.3 is 19.5 Å². The van der Waals surface area contributed by atoms with Gasteiger partial charge in [0.25, 0.3) is 11.5 Å². The van der Waals surface area contributed by atoms with Crippen molar-refractivity contribution in [2.45, 2.75) is 18.3 Å². The van der Waals surface area contributed by atoms with Crippen LogP contribution in [-0.4, -0.2) is 26.3 Å². The lowest BCUT2D eigenvalue weighted by molar-refractivity contribution is -0.265. The SMILES string of the molecule is COc1ccc(CNC(=O)C(OC)(c2ccc(Oc3ccccc3)cc2)C(F)(F)F)cc1. The maximum absolute atomic E-state index is 14.1. The molecule has 3 aromatic rings. The Bertz CT molecular complexity index is 1020. The van der Waals surface area contributed by atoms with Crippen molar-refractivity contribution in [3.8, 4) is 17.2 Å². The molecule has 0 aromatic heterocycles. The summed E-state index contributed by atoms with van der Waals surface area (Å²) in [6.45, 7) is -0.112. The molecule has 0 radical (unpaired) electrons. The molecule has 0 saturated carbocycles. The van der Waals surface area contributed by atoms with Crippen LogP contribution in [0.25, 0.3) is 0 Å². The summed E-state index contributed by atoms with van der Waals surface area (Å²) >= 11 is 0. The van der Waals surface area contributed by atoms with Crippen LogP contribution in [0.2, 0.25) is 0 Å². The lowest BCUT2D eigenvalue weighted by Crippen LogP contribution is -2.55. The molecule has 1 unspecified atom stereocenters. The van der Waals surface area contributed by atoms with Crippen molar-refractivity contribution in [2.24, 2.45) is 0 Å². The average Bonchev–Trinajstić information content (AvgIpc) is 2.79. The van der Waals surface area contributed by atoms with E-state index in [1.807, 2.05) is 6.07 Å². The summed E-state index contributed by atoms with van der Waals surface area (Å²) in [5, 5.41) is 2.33. The van der Waals surface area contributed by atoms with E-state index in [9.17, 15) is 18.0 Å². The van der Waals surface area contributed by atoms with E-state index in [0.717, 1.165) is 7.11 Å². The van der Waals surface area contributed by atoms with Crippen LogP contribution >= 0.6 is 0 Å². The highest BCUT2D eigenvalue weighted by atomic mass is 19.4. The molecular formula is C24H22F3NO4.